The number of likely N-dealkylation sites (N-methyl/N-ethyl adjacent to an activating group) is 1. The molecular weight excluding hydrogens is 454 g/mol. The molecule has 8 heteroatoms. The Morgan fingerprint density at radius 3 is 2.67 bits per heavy atom. The lowest BCUT2D eigenvalue weighted by atomic mass is 9.84. The van der Waals surface area contributed by atoms with E-state index in [1.54, 1.807) is 7.11 Å². The first-order valence-corrected chi connectivity index (χ1v) is 12.9. The smallest absolute Gasteiger partial charge is 0.273 e. The Morgan fingerprint density at radius 2 is 2.03 bits per heavy atom. The number of amides is 2. The average molecular weight is 484 g/mol. The van der Waals surface area contributed by atoms with Crippen LogP contribution in [-0.2, 0) is 6.42 Å². The van der Waals surface area contributed by atoms with E-state index >= 15 is 0 Å². The number of thiazole rings is 1. The molecule has 1 atom stereocenters. The van der Waals surface area contributed by atoms with Crippen molar-refractivity contribution < 1.29 is 14.3 Å². The third-order valence-corrected chi connectivity index (χ3v) is 7.83. The topological polar surface area (TPSA) is 62.7 Å². The van der Waals surface area contributed by atoms with Crippen LogP contribution in [0.4, 0.5) is 0 Å². The number of carbonyl (C=O) groups is 2. The van der Waals surface area contributed by atoms with Gasteiger partial charge < -0.3 is 14.5 Å². The maximum atomic E-state index is 13.2. The number of aromatic nitrogens is 1. The predicted molar refractivity (Wildman–Crippen MR) is 132 cm³/mol. The molecule has 1 fully saturated rings. The molecule has 2 aromatic heterocycles. The molecule has 174 valence electrons. The minimum Gasteiger partial charge on any atom is -0.497 e. The van der Waals surface area contributed by atoms with Gasteiger partial charge in [0.15, 0.2) is 0 Å². The van der Waals surface area contributed by atoms with Crippen LogP contribution in [0.15, 0.2) is 46.5 Å². The molecule has 0 radical (unpaired) electrons. The van der Waals surface area contributed by atoms with Crippen molar-refractivity contribution in [2.75, 3.05) is 27.2 Å². The van der Waals surface area contributed by atoms with Crippen molar-refractivity contribution in [3.8, 4) is 5.75 Å². The lowest BCUT2D eigenvalue weighted by Crippen LogP contribution is -2.48. The second-order valence-electron chi connectivity index (χ2n) is 8.43. The number of aryl methyl sites for hydroxylation is 1. The lowest BCUT2D eigenvalue weighted by Gasteiger charge is -2.40. The number of ether oxygens (including phenoxy) is 1. The number of rotatable bonds is 7. The molecule has 0 spiro atoms. The molecule has 33 heavy (non-hydrogen) atoms. The van der Waals surface area contributed by atoms with E-state index in [1.165, 1.54) is 22.7 Å². The molecule has 0 saturated carbocycles. The van der Waals surface area contributed by atoms with Crippen LogP contribution in [0.25, 0.3) is 0 Å². The maximum absolute atomic E-state index is 13.2. The number of hydrogen-bond donors (Lipinski definition) is 0. The average Bonchev–Trinajstić information content (AvgIpc) is 3.54. The molecule has 3 heterocycles. The molecule has 0 aliphatic carbocycles. The summed E-state index contributed by atoms with van der Waals surface area (Å²) in [4.78, 5) is 34.2. The fourth-order valence-corrected chi connectivity index (χ4v) is 5.73. The fourth-order valence-electron chi connectivity index (χ4n) is 4.51. The molecule has 1 aliphatic heterocycles. The van der Waals surface area contributed by atoms with Gasteiger partial charge in [-0.25, -0.2) is 4.98 Å². The molecule has 4 rings (SSSR count). The molecule has 2 amide bonds. The Balaban J connectivity index is 1.50. The Labute approximate surface area is 202 Å². The molecule has 0 bridgehead atoms. The van der Waals surface area contributed by atoms with E-state index in [4.69, 9.17) is 4.74 Å². The first-order chi connectivity index (χ1) is 16.0. The first-order valence-electron chi connectivity index (χ1n) is 11.1. The van der Waals surface area contributed by atoms with E-state index in [0.717, 1.165) is 41.1 Å². The van der Waals surface area contributed by atoms with Crippen molar-refractivity contribution in [2.24, 2.45) is 5.92 Å². The van der Waals surface area contributed by atoms with Crippen LogP contribution in [-0.4, -0.2) is 59.9 Å². The van der Waals surface area contributed by atoms with Gasteiger partial charge in [-0.05, 0) is 61.2 Å². The van der Waals surface area contributed by atoms with Gasteiger partial charge in [-0.15, -0.1) is 11.3 Å². The summed E-state index contributed by atoms with van der Waals surface area (Å²) < 4.78 is 5.40. The lowest BCUT2D eigenvalue weighted by molar-refractivity contribution is 0.0520. The molecule has 1 saturated heterocycles. The third kappa shape index (κ3) is 5.45. The summed E-state index contributed by atoms with van der Waals surface area (Å²) in [5.41, 5.74) is 2.40. The summed E-state index contributed by atoms with van der Waals surface area (Å²) in [7, 11) is 3.57. The van der Waals surface area contributed by atoms with Crippen LogP contribution < -0.4 is 4.74 Å². The van der Waals surface area contributed by atoms with Crippen molar-refractivity contribution in [1.29, 1.82) is 0 Å². The molecule has 3 aromatic rings. The Kier molecular flexibility index (Phi) is 7.45. The van der Waals surface area contributed by atoms with Crippen LogP contribution in [0.1, 0.15) is 44.3 Å². The van der Waals surface area contributed by atoms with Crippen molar-refractivity contribution >= 4 is 34.5 Å². The van der Waals surface area contributed by atoms with Crippen molar-refractivity contribution in [1.82, 2.24) is 14.8 Å². The molecular formula is C25H29N3O3S2. The highest BCUT2D eigenvalue weighted by Crippen LogP contribution is 2.29. The van der Waals surface area contributed by atoms with Gasteiger partial charge in [0.1, 0.15) is 11.4 Å². The highest BCUT2D eigenvalue weighted by Gasteiger charge is 2.33. The zero-order valence-electron chi connectivity index (χ0n) is 19.2. The monoisotopic (exact) mass is 483 g/mol. The van der Waals surface area contributed by atoms with Gasteiger partial charge >= 0.3 is 0 Å². The molecule has 0 N–H and O–H groups in total. The van der Waals surface area contributed by atoms with Gasteiger partial charge in [-0.3, -0.25) is 9.59 Å². The Bertz CT molecular complexity index is 1090. The largest absolute Gasteiger partial charge is 0.497 e. The second-order valence-corrected chi connectivity index (χ2v) is 10.3. The molecule has 1 aliphatic rings. The summed E-state index contributed by atoms with van der Waals surface area (Å²) in [5, 5.41) is 6.57. The minimum atomic E-state index is 0.00449. The van der Waals surface area contributed by atoms with Gasteiger partial charge in [0.05, 0.1) is 17.7 Å². The summed E-state index contributed by atoms with van der Waals surface area (Å²) >= 11 is 3.03. The predicted octanol–water partition coefficient (Wildman–Crippen LogP) is 4.76. The van der Waals surface area contributed by atoms with Gasteiger partial charge in [0.2, 0.25) is 0 Å². The minimum absolute atomic E-state index is 0.00449. The number of hydrogen-bond acceptors (Lipinski definition) is 6. The van der Waals surface area contributed by atoms with E-state index in [2.05, 4.69) is 11.1 Å². The standard InChI is InChI=1S/C25H29N3O3S2/c1-17-26-22(16-33-17)25(30)28-10-7-19(8-11-28)23(14-18-5-4-6-21(13-18)31-3)27(2)24(29)20-9-12-32-15-20/h4-6,9,12-13,15-16,19,23H,7-8,10-11,14H2,1-3H3/t23-/m0/s1. The fraction of sp³-hybridized carbons (Fsp3) is 0.400. The highest BCUT2D eigenvalue weighted by atomic mass is 32.1. The number of piperidine rings is 1. The third-order valence-electron chi connectivity index (χ3n) is 6.37. The van der Waals surface area contributed by atoms with Crippen molar-refractivity contribution in [2.45, 2.75) is 32.2 Å². The second kappa shape index (κ2) is 10.5. The van der Waals surface area contributed by atoms with E-state index in [-0.39, 0.29) is 17.9 Å². The van der Waals surface area contributed by atoms with Crippen LogP contribution in [0, 0.1) is 12.8 Å². The number of likely N-dealkylation sites (tertiary alicyclic amines) is 1. The van der Waals surface area contributed by atoms with Gasteiger partial charge in [-0.2, -0.15) is 11.3 Å². The van der Waals surface area contributed by atoms with Crippen LogP contribution in [0.2, 0.25) is 0 Å². The highest BCUT2D eigenvalue weighted by molar-refractivity contribution is 7.09. The van der Waals surface area contributed by atoms with Gasteiger partial charge in [-0.1, -0.05) is 12.1 Å². The van der Waals surface area contributed by atoms with Crippen LogP contribution in [0.3, 0.4) is 0 Å². The zero-order chi connectivity index (χ0) is 23.4. The first kappa shape index (κ1) is 23.4. The number of methoxy groups -OCH3 is 1. The summed E-state index contributed by atoms with van der Waals surface area (Å²) in [6.45, 7) is 3.27. The number of carbonyl (C=O) groups excluding carboxylic acids is 2. The van der Waals surface area contributed by atoms with Gasteiger partial charge in [0, 0.05) is 36.9 Å². The maximum Gasteiger partial charge on any atom is 0.273 e. The van der Waals surface area contributed by atoms with E-state index in [1.807, 2.05) is 64.2 Å². The van der Waals surface area contributed by atoms with Crippen LogP contribution >= 0.6 is 22.7 Å². The van der Waals surface area contributed by atoms with Crippen molar-refractivity contribution in [3.63, 3.8) is 0 Å². The summed E-state index contributed by atoms with van der Waals surface area (Å²) in [6.07, 6.45) is 2.45. The quantitative estimate of drug-likeness (QED) is 0.486. The van der Waals surface area contributed by atoms with Crippen molar-refractivity contribution in [3.05, 3.63) is 68.3 Å². The van der Waals surface area contributed by atoms with E-state index in [0.29, 0.717) is 24.7 Å². The summed E-state index contributed by atoms with van der Waals surface area (Å²) in [6, 6.07) is 9.96. The van der Waals surface area contributed by atoms with E-state index < -0.39 is 0 Å². The van der Waals surface area contributed by atoms with E-state index in [9.17, 15) is 9.59 Å². The SMILES string of the molecule is COc1cccc(C[C@@H](C2CCN(C(=O)c3csc(C)n3)CC2)N(C)C(=O)c2ccsc2)c1. The van der Waals surface area contributed by atoms with Gasteiger partial charge in [0.25, 0.3) is 11.8 Å². The number of nitrogens with zero attached hydrogens (tertiary/aromatic N) is 3. The molecule has 1 aromatic carbocycles. The normalized spacial score (nSPS) is 15.3. The Morgan fingerprint density at radius 1 is 1.24 bits per heavy atom. The molecule has 0 unspecified atom stereocenters. The number of thiophene rings is 1. The summed E-state index contributed by atoms with van der Waals surface area (Å²) in [5.74, 6) is 1.16. The Hall–Kier alpha value is -2.71. The number of benzene rings is 1. The molecule has 6 nitrogen and oxygen atoms in total. The van der Waals surface area contributed by atoms with Crippen LogP contribution in [0.5, 0.6) is 5.75 Å². The zero-order valence-corrected chi connectivity index (χ0v) is 20.8.